The number of carbonyl (C=O) groups excluding carboxylic acids is 1. The van der Waals surface area contributed by atoms with E-state index in [1.165, 1.54) is 6.92 Å². The summed E-state index contributed by atoms with van der Waals surface area (Å²) in [6.45, 7) is 2.91. The van der Waals surface area contributed by atoms with Gasteiger partial charge >= 0.3 is 18.3 Å². The van der Waals surface area contributed by atoms with Crippen molar-refractivity contribution >= 4 is 5.97 Å². The number of esters is 1. The Morgan fingerprint density at radius 1 is 1.00 bits per heavy atom. The first-order valence-corrected chi connectivity index (χ1v) is 5.61. The Bertz CT molecular complexity index is 336. The van der Waals surface area contributed by atoms with Gasteiger partial charge in [0.15, 0.2) is 0 Å². The molecule has 0 bridgehead atoms. The summed E-state index contributed by atoms with van der Waals surface area (Å²) in [6.07, 6.45) is -14.9. The predicted octanol–water partition coefficient (Wildman–Crippen LogP) is 2.63. The van der Waals surface area contributed by atoms with Gasteiger partial charge in [0.2, 0.25) is 6.10 Å². The number of hydrogen-bond donors (Lipinski definition) is 0. The van der Waals surface area contributed by atoms with Crippen LogP contribution in [-0.4, -0.2) is 50.9 Å². The molecule has 0 aromatic carbocycles. The fourth-order valence-corrected chi connectivity index (χ4v) is 1.02. The Labute approximate surface area is 116 Å². The zero-order valence-electron chi connectivity index (χ0n) is 11.0. The minimum absolute atomic E-state index is 0.150. The SMILES string of the molecule is C=C(C)C(=O)OCCOCCOC(C(F)(F)F)C(F)(F)F. The van der Waals surface area contributed by atoms with E-state index in [9.17, 15) is 31.1 Å². The van der Waals surface area contributed by atoms with Gasteiger partial charge in [-0.05, 0) is 6.92 Å². The largest absolute Gasteiger partial charge is 0.460 e. The van der Waals surface area contributed by atoms with Crippen LogP contribution >= 0.6 is 0 Å². The van der Waals surface area contributed by atoms with Gasteiger partial charge in [0.05, 0.1) is 19.8 Å². The van der Waals surface area contributed by atoms with E-state index < -0.39 is 37.6 Å². The number of rotatable bonds is 8. The van der Waals surface area contributed by atoms with Crippen molar-refractivity contribution < 1.29 is 45.3 Å². The van der Waals surface area contributed by atoms with Crippen molar-refractivity contribution in [1.29, 1.82) is 0 Å². The molecule has 0 saturated heterocycles. The second-order valence-corrected chi connectivity index (χ2v) is 3.86. The van der Waals surface area contributed by atoms with Crippen molar-refractivity contribution in [3.05, 3.63) is 12.2 Å². The van der Waals surface area contributed by atoms with Crippen molar-refractivity contribution in [3.8, 4) is 0 Å². The Kier molecular flexibility index (Phi) is 7.72. The van der Waals surface area contributed by atoms with Gasteiger partial charge in [-0.2, -0.15) is 26.3 Å². The number of carbonyl (C=O) groups is 1. The first-order valence-electron chi connectivity index (χ1n) is 5.61. The number of ether oxygens (including phenoxy) is 3. The summed E-state index contributed by atoms with van der Waals surface area (Å²) in [5, 5.41) is 0. The van der Waals surface area contributed by atoms with Crippen molar-refractivity contribution in [2.24, 2.45) is 0 Å². The normalized spacial score (nSPS) is 12.6. The summed E-state index contributed by atoms with van der Waals surface area (Å²) in [5.41, 5.74) is 0.150. The highest BCUT2D eigenvalue weighted by Gasteiger charge is 2.57. The molecule has 0 atom stereocenters. The Morgan fingerprint density at radius 2 is 1.48 bits per heavy atom. The summed E-state index contributed by atoms with van der Waals surface area (Å²) in [5.74, 6) is -0.677. The van der Waals surface area contributed by atoms with Crippen LogP contribution < -0.4 is 0 Å². The molecule has 0 heterocycles. The summed E-state index contributed by atoms with van der Waals surface area (Å²) in [7, 11) is 0. The molecular formula is C11H14F6O4. The number of hydrogen-bond acceptors (Lipinski definition) is 4. The molecule has 10 heteroatoms. The van der Waals surface area contributed by atoms with E-state index in [2.05, 4.69) is 20.8 Å². The third-order valence-corrected chi connectivity index (χ3v) is 1.92. The summed E-state index contributed by atoms with van der Waals surface area (Å²) in [4.78, 5) is 10.9. The fraction of sp³-hybridized carbons (Fsp3) is 0.727. The van der Waals surface area contributed by atoms with Gasteiger partial charge in [0.1, 0.15) is 6.61 Å². The molecule has 0 aromatic rings. The van der Waals surface area contributed by atoms with Gasteiger partial charge in [0, 0.05) is 5.57 Å². The van der Waals surface area contributed by atoms with E-state index in [-0.39, 0.29) is 18.8 Å². The molecule has 0 aromatic heterocycles. The van der Waals surface area contributed by atoms with E-state index in [1.807, 2.05) is 0 Å². The third kappa shape index (κ3) is 8.56. The molecule has 0 saturated carbocycles. The molecule has 0 spiro atoms. The molecular weight excluding hydrogens is 310 g/mol. The maximum absolute atomic E-state index is 12.1. The zero-order chi connectivity index (χ0) is 16.7. The van der Waals surface area contributed by atoms with Crippen molar-refractivity contribution in [2.45, 2.75) is 25.4 Å². The highest BCUT2D eigenvalue weighted by atomic mass is 19.4. The highest BCUT2D eigenvalue weighted by molar-refractivity contribution is 5.86. The quantitative estimate of drug-likeness (QED) is 0.298. The molecule has 0 unspecified atom stereocenters. The second kappa shape index (κ2) is 8.23. The first kappa shape index (κ1) is 19.7. The number of alkyl halides is 6. The van der Waals surface area contributed by atoms with E-state index in [1.54, 1.807) is 0 Å². The molecule has 0 aliphatic carbocycles. The minimum Gasteiger partial charge on any atom is -0.460 e. The molecule has 0 amide bonds. The summed E-state index contributed by atoms with van der Waals surface area (Å²) >= 11 is 0. The van der Waals surface area contributed by atoms with Crippen LogP contribution in [0.5, 0.6) is 0 Å². The lowest BCUT2D eigenvalue weighted by atomic mass is 10.3. The van der Waals surface area contributed by atoms with Gasteiger partial charge in [0.25, 0.3) is 0 Å². The van der Waals surface area contributed by atoms with Crippen LogP contribution in [0.1, 0.15) is 6.92 Å². The van der Waals surface area contributed by atoms with E-state index in [0.717, 1.165) is 0 Å². The number of halogens is 6. The van der Waals surface area contributed by atoms with Gasteiger partial charge in [-0.15, -0.1) is 0 Å². The Hall–Kier alpha value is -1.29. The maximum atomic E-state index is 12.1. The lowest BCUT2D eigenvalue weighted by Crippen LogP contribution is -2.44. The molecule has 21 heavy (non-hydrogen) atoms. The van der Waals surface area contributed by atoms with Crippen LogP contribution in [0.2, 0.25) is 0 Å². The smallest absolute Gasteiger partial charge is 0.423 e. The molecule has 0 N–H and O–H groups in total. The lowest BCUT2D eigenvalue weighted by Gasteiger charge is -2.22. The Balaban J connectivity index is 3.88. The van der Waals surface area contributed by atoms with Crippen LogP contribution in [0.3, 0.4) is 0 Å². The molecule has 4 nitrogen and oxygen atoms in total. The average molecular weight is 324 g/mol. The van der Waals surface area contributed by atoms with Crippen LogP contribution in [0.4, 0.5) is 26.3 Å². The van der Waals surface area contributed by atoms with Crippen molar-refractivity contribution in [3.63, 3.8) is 0 Å². The van der Waals surface area contributed by atoms with E-state index >= 15 is 0 Å². The standard InChI is InChI=1S/C11H14F6O4/c1-7(2)8(18)20-5-3-19-4-6-21-9(10(12,13)14)11(15,16)17/h9H,1,3-6H2,2H3. The van der Waals surface area contributed by atoms with E-state index in [4.69, 9.17) is 0 Å². The predicted molar refractivity (Wildman–Crippen MR) is 58.4 cm³/mol. The second-order valence-electron chi connectivity index (χ2n) is 3.86. The topological polar surface area (TPSA) is 44.8 Å². The average Bonchev–Trinajstić information content (AvgIpc) is 2.28. The summed E-state index contributed by atoms with van der Waals surface area (Å²) in [6, 6.07) is 0. The maximum Gasteiger partial charge on any atom is 0.423 e. The minimum atomic E-state index is -5.55. The Morgan fingerprint density at radius 3 is 1.90 bits per heavy atom. The monoisotopic (exact) mass is 324 g/mol. The fourth-order valence-electron chi connectivity index (χ4n) is 1.02. The molecule has 0 aliphatic heterocycles. The molecule has 0 radical (unpaired) electrons. The molecule has 0 aliphatic rings. The lowest BCUT2D eigenvalue weighted by molar-refractivity contribution is -0.323. The molecule has 0 rings (SSSR count). The molecule has 0 fully saturated rings. The van der Waals surface area contributed by atoms with Crippen LogP contribution in [-0.2, 0) is 19.0 Å². The van der Waals surface area contributed by atoms with Gasteiger partial charge in [-0.25, -0.2) is 4.79 Å². The summed E-state index contributed by atoms with van der Waals surface area (Å²) < 4.78 is 85.3. The van der Waals surface area contributed by atoms with Gasteiger partial charge in [-0.3, -0.25) is 0 Å². The third-order valence-electron chi connectivity index (χ3n) is 1.92. The van der Waals surface area contributed by atoms with Crippen molar-refractivity contribution in [1.82, 2.24) is 0 Å². The van der Waals surface area contributed by atoms with Crippen LogP contribution in [0, 0.1) is 0 Å². The van der Waals surface area contributed by atoms with Gasteiger partial charge in [-0.1, -0.05) is 6.58 Å². The first-order chi connectivity index (χ1) is 9.46. The molecule has 124 valence electrons. The van der Waals surface area contributed by atoms with Crippen LogP contribution in [0.25, 0.3) is 0 Å². The van der Waals surface area contributed by atoms with Crippen LogP contribution in [0.15, 0.2) is 12.2 Å². The van der Waals surface area contributed by atoms with Crippen molar-refractivity contribution in [2.75, 3.05) is 26.4 Å². The highest BCUT2D eigenvalue weighted by Crippen LogP contribution is 2.35. The van der Waals surface area contributed by atoms with E-state index in [0.29, 0.717) is 0 Å². The zero-order valence-corrected chi connectivity index (χ0v) is 11.0. The van der Waals surface area contributed by atoms with Gasteiger partial charge < -0.3 is 14.2 Å².